The maximum atomic E-state index is 11.7. The number of carbonyl (C=O) groups is 2. The van der Waals surface area contributed by atoms with Crippen LogP contribution >= 0.6 is 11.6 Å². The summed E-state index contributed by atoms with van der Waals surface area (Å²) in [7, 11) is 0. The molecule has 0 aromatic heterocycles. The molecule has 1 aliphatic carbocycles. The van der Waals surface area contributed by atoms with Crippen LogP contribution in [0, 0.1) is 5.92 Å². The van der Waals surface area contributed by atoms with E-state index >= 15 is 0 Å². The Morgan fingerprint density at radius 3 is 2.85 bits per heavy atom. The van der Waals surface area contributed by atoms with Crippen LogP contribution in [-0.2, 0) is 9.59 Å². The van der Waals surface area contributed by atoms with Crippen molar-refractivity contribution in [2.45, 2.75) is 25.3 Å². The summed E-state index contributed by atoms with van der Waals surface area (Å²) in [5, 5.41) is 12.2. The predicted octanol–water partition coefficient (Wildman–Crippen LogP) is 2.09. The van der Waals surface area contributed by atoms with Gasteiger partial charge in [0.05, 0.1) is 5.92 Å². The molecule has 20 heavy (non-hydrogen) atoms. The zero-order valence-corrected chi connectivity index (χ0v) is 11.6. The highest BCUT2D eigenvalue weighted by Gasteiger charge is 2.30. The molecule has 0 bridgehead atoms. The number of amides is 1. The van der Waals surface area contributed by atoms with E-state index in [1.807, 2.05) is 0 Å². The summed E-state index contributed by atoms with van der Waals surface area (Å²) in [6.07, 6.45) is 1.79. The average Bonchev–Trinajstić information content (AvgIpc) is 2.85. The molecule has 5 nitrogen and oxygen atoms in total. The largest absolute Gasteiger partial charge is 0.484 e. The lowest BCUT2D eigenvalue weighted by Crippen LogP contribution is -2.36. The van der Waals surface area contributed by atoms with Crippen molar-refractivity contribution in [3.63, 3.8) is 0 Å². The lowest BCUT2D eigenvalue weighted by molar-refractivity contribution is -0.141. The summed E-state index contributed by atoms with van der Waals surface area (Å²) >= 11 is 5.81. The number of carbonyl (C=O) groups excluding carboxylic acids is 1. The number of rotatable bonds is 5. The van der Waals surface area contributed by atoms with Gasteiger partial charge in [0.2, 0.25) is 0 Å². The molecule has 0 heterocycles. The zero-order valence-electron chi connectivity index (χ0n) is 10.8. The zero-order chi connectivity index (χ0) is 14.5. The Morgan fingerprint density at radius 2 is 2.20 bits per heavy atom. The van der Waals surface area contributed by atoms with Gasteiger partial charge in [-0.15, -0.1) is 0 Å². The molecule has 2 N–H and O–H groups in total. The van der Waals surface area contributed by atoms with Gasteiger partial charge in [0.25, 0.3) is 5.91 Å². The molecule has 1 fully saturated rings. The van der Waals surface area contributed by atoms with Crippen LogP contribution in [0.25, 0.3) is 0 Å². The van der Waals surface area contributed by atoms with E-state index in [1.165, 1.54) is 0 Å². The highest BCUT2D eigenvalue weighted by atomic mass is 35.5. The lowest BCUT2D eigenvalue weighted by atomic mass is 10.1. The normalized spacial score (nSPS) is 21.4. The van der Waals surface area contributed by atoms with Gasteiger partial charge in [0.1, 0.15) is 5.75 Å². The molecule has 108 valence electrons. The van der Waals surface area contributed by atoms with Gasteiger partial charge in [-0.25, -0.2) is 0 Å². The van der Waals surface area contributed by atoms with E-state index in [1.54, 1.807) is 24.3 Å². The number of hydrogen-bond donors (Lipinski definition) is 2. The first-order valence-corrected chi connectivity index (χ1v) is 6.83. The van der Waals surface area contributed by atoms with Crippen molar-refractivity contribution in [3.8, 4) is 5.75 Å². The molecule has 1 aromatic rings. The van der Waals surface area contributed by atoms with Crippen LogP contribution in [0.15, 0.2) is 24.3 Å². The Labute approximate surface area is 121 Å². The minimum Gasteiger partial charge on any atom is -0.484 e. The van der Waals surface area contributed by atoms with Crippen molar-refractivity contribution >= 4 is 23.5 Å². The van der Waals surface area contributed by atoms with Crippen molar-refractivity contribution in [3.05, 3.63) is 29.3 Å². The molecule has 1 saturated carbocycles. The number of aliphatic carboxylic acids is 1. The van der Waals surface area contributed by atoms with Gasteiger partial charge >= 0.3 is 5.97 Å². The lowest BCUT2D eigenvalue weighted by Gasteiger charge is -2.13. The highest BCUT2D eigenvalue weighted by Crippen LogP contribution is 2.25. The van der Waals surface area contributed by atoms with Crippen LogP contribution in [0.3, 0.4) is 0 Å². The number of benzene rings is 1. The van der Waals surface area contributed by atoms with Gasteiger partial charge in [-0.05, 0) is 37.5 Å². The second kappa shape index (κ2) is 6.61. The summed E-state index contributed by atoms with van der Waals surface area (Å²) in [5.41, 5.74) is 0. The van der Waals surface area contributed by atoms with E-state index in [0.717, 1.165) is 0 Å². The Balaban J connectivity index is 1.75. The van der Waals surface area contributed by atoms with E-state index in [0.29, 0.717) is 30.0 Å². The molecule has 1 aromatic carbocycles. The van der Waals surface area contributed by atoms with Crippen LogP contribution in [-0.4, -0.2) is 29.6 Å². The van der Waals surface area contributed by atoms with Crippen LogP contribution < -0.4 is 10.1 Å². The molecule has 1 aliphatic rings. The average molecular weight is 298 g/mol. The van der Waals surface area contributed by atoms with Gasteiger partial charge in [-0.1, -0.05) is 17.7 Å². The summed E-state index contributed by atoms with van der Waals surface area (Å²) in [6, 6.07) is 6.73. The highest BCUT2D eigenvalue weighted by molar-refractivity contribution is 6.30. The van der Waals surface area contributed by atoms with E-state index in [2.05, 4.69) is 5.32 Å². The molecule has 0 radical (unpaired) electrons. The second-order valence-corrected chi connectivity index (χ2v) is 5.30. The number of carboxylic acid groups (broad SMARTS) is 1. The van der Waals surface area contributed by atoms with Crippen molar-refractivity contribution in [2.24, 2.45) is 5.92 Å². The number of carboxylic acids is 1. The molecule has 2 rings (SSSR count). The fourth-order valence-corrected chi connectivity index (χ4v) is 2.49. The Hall–Kier alpha value is -1.75. The molecular weight excluding hydrogens is 282 g/mol. The van der Waals surface area contributed by atoms with Gasteiger partial charge in [0, 0.05) is 11.1 Å². The standard InChI is InChI=1S/C14H16ClNO4/c15-10-2-1-3-12(7-10)20-8-13(17)16-11-5-4-9(6-11)14(18)19/h1-3,7,9,11H,4-6,8H2,(H,16,17)(H,18,19)/t9-,11+/m1/s1. The Kier molecular flexibility index (Phi) is 4.84. The third-order valence-corrected chi connectivity index (χ3v) is 3.55. The first-order valence-electron chi connectivity index (χ1n) is 6.45. The molecule has 6 heteroatoms. The van der Waals surface area contributed by atoms with Crippen LogP contribution in [0.5, 0.6) is 5.75 Å². The smallest absolute Gasteiger partial charge is 0.306 e. The topological polar surface area (TPSA) is 75.6 Å². The van der Waals surface area contributed by atoms with Gasteiger partial charge in [-0.3, -0.25) is 9.59 Å². The number of ether oxygens (including phenoxy) is 1. The van der Waals surface area contributed by atoms with Crippen molar-refractivity contribution in [1.29, 1.82) is 0 Å². The third-order valence-electron chi connectivity index (χ3n) is 3.31. The molecule has 0 saturated heterocycles. The summed E-state index contributed by atoms with van der Waals surface area (Å²) in [4.78, 5) is 22.5. The Morgan fingerprint density at radius 1 is 1.40 bits per heavy atom. The number of halogens is 1. The monoisotopic (exact) mass is 297 g/mol. The van der Waals surface area contributed by atoms with E-state index < -0.39 is 5.97 Å². The molecule has 1 amide bonds. The minimum atomic E-state index is -0.795. The summed E-state index contributed by atoms with van der Waals surface area (Å²) in [6.45, 7) is -0.103. The van der Waals surface area contributed by atoms with Crippen molar-refractivity contribution in [2.75, 3.05) is 6.61 Å². The number of nitrogens with one attached hydrogen (secondary N) is 1. The quantitative estimate of drug-likeness (QED) is 0.872. The third kappa shape index (κ3) is 4.13. The predicted molar refractivity (Wildman–Crippen MR) is 73.9 cm³/mol. The van der Waals surface area contributed by atoms with Gasteiger partial charge < -0.3 is 15.2 Å². The van der Waals surface area contributed by atoms with E-state index in [-0.39, 0.29) is 24.5 Å². The Bertz CT molecular complexity index is 506. The first kappa shape index (κ1) is 14.7. The van der Waals surface area contributed by atoms with Crippen LogP contribution in [0.2, 0.25) is 5.02 Å². The fourth-order valence-electron chi connectivity index (χ4n) is 2.31. The van der Waals surface area contributed by atoms with Crippen LogP contribution in [0.4, 0.5) is 0 Å². The second-order valence-electron chi connectivity index (χ2n) is 4.86. The van der Waals surface area contributed by atoms with E-state index in [9.17, 15) is 9.59 Å². The first-order chi connectivity index (χ1) is 9.54. The minimum absolute atomic E-state index is 0.0773. The SMILES string of the molecule is O=C(COc1cccc(Cl)c1)N[C@H]1CC[C@@H](C(=O)O)C1. The molecular formula is C14H16ClNO4. The summed E-state index contributed by atoms with van der Waals surface area (Å²) < 4.78 is 5.32. The molecule has 0 unspecified atom stereocenters. The van der Waals surface area contributed by atoms with Crippen molar-refractivity contribution in [1.82, 2.24) is 5.32 Å². The summed E-state index contributed by atoms with van der Waals surface area (Å²) in [5.74, 6) is -0.866. The fraction of sp³-hybridized carbons (Fsp3) is 0.429. The van der Waals surface area contributed by atoms with Gasteiger partial charge in [0.15, 0.2) is 6.61 Å². The van der Waals surface area contributed by atoms with E-state index in [4.69, 9.17) is 21.4 Å². The molecule has 0 spiro atoms. The maximum Gasteiger partial charge on any atom is 0.306 e. The molecule has 2 atom stereocenters. The van der Waals surface area contributed by atoms with Gasteiger partial charge in [-0.2, -0.15) is 0 Å². The van der Waals surface area contributed by atoms with Crippen LogP contribution in [0.1, 0.15) is 19.3 Å². The van der Waals surface area contributed by atoms with Crippen molar-refractivity contribution < 1.29 is 19.4 Å². The molecule has 0 aliphatic heterocycles. The maximum absolute atomic E-state index is 11.7. The number of hydrogen-bond acceptors (Lipinski definition) is 3.